The molecule has 1 N–H and O–H groups in total. The molecule has 0 fully saturated rings. The third-order valence-electron chi connectivity index (χ3n) is 3.47. The van der Waals surface area contributed by atoms with E-state index in [1.165, 1.54) is 6.07 Å². The highest BCUT2D eigenvalue weighted by Gasteiger charge is 2.08. The van der Waals surface area contributed by atoms with E-state index in [-0.39, 0.29) is 18.3 Å². The zero-order valence-electron chi connectivity index (χ0n) is 13.7. The van der Waals surface area contributed by atoms with Crippen molar-refractivity contribution in [2.45, 2.75) is 13.8 Å². The number of halogens is 1. The van der Waals surface area contributed by atoms with Gasteiger partial charge in [0.25, 0.3) is 5.91 Å². The van der Waals surface area contributed by atoms with E-state index in [0.717, 1.165) is 5.56 Å². The highest BCUT2D eigenvalue weighted by Crippen LogP contribution is 2.20. The molecular formula is C18H16FN3O3. The van der Waals surface area contributed by atoms with Gasteiger partial charge in [0.1, 0.15) is 11.6 Å². The summed E-state index contributed by atoms with van der Waals surface area (Å²) in [6.07, 6.45) is 0. The normalized spacial score (nSPS) is 10.5. The lowest BCUT2D eigenvalue weighted by Gasteiger charge is -2.08. The quantitative estimate of drug-likeness (QED) is 0.768. The first kappa shape index (κ1) is 16.6. The molecule has 0 unspecified atom stereocenters. The van der Waals surface area contributed by atoms with Crippen LogP contribution in [0, 0.1) is 19.7 Å². The zero-order chi connectivity index (χ0) is 17.8. The van der Waals surface area contributed by atoms with Crippen LogP contribution in [0.3, 0.4) is 0 Å². The minimum absolute atomic E-state index is 0.184. The molecule has 0 aliphatic carbocycles. The van der Waals surface area contributed by atoms with Crippen LogP contribution in [0.1, 0.15) is 11.5 Å². The Morgan fingerprint density at radius 2 is 1.96 bits per heavy atom. The van der Waals surface area contributed by atoms with Crippen LogP contribution in [0.2, 0.25) is 0 Å². The van der Waals surface area contributed by atoms with Crippen molar-refractivity contribution in [3.05, 3.63) is 59.7 Å². The fourth-order valence-corrected chi connectivity index (χ4v) is 2.13. The second-order valence-electron chi connectivity index (χ2n) is 5.46. The van der Waals surface area contributed by atoms with Gasteiger partial charge < -0.3 is 14.6 Å². The van der Waals surface area contributed by atoms with Gasteiger partial charge in [0.2, 0.25) is 11.7 Å². The molecule has 0 radical (unpaired) electrons. The summed E-state index contributed by atoms with van der Waals surface area (Å²) in [7, 11) is 0. The number of benzene rings is 2. The maximum atomic E-state index is 13.5. The molecule has 0 aliphatic heterocycles. The van der Waals surface area contributed by atoms with Gasteiger partial charge in [-0.15, -0.1) is 0 Å². The van der Waals surface area contributed by atoms with Gasteiger partial charge in [-0.05, 0) is 48.9 Å². The molecule has 0 aliphatic rings. The van der Waals surface area contributed by atoms with Crippen LogP contribution in [-0.2, 0) is 4.79 Å². The second-order valence-corrected chi connectivity index (χ2v) is 5.46. The number of hydrogen-bond acceptors (Lipinski definition) is 5. The Morgan fingerprint density at radius 1 is 1.20 bits per heavy atom. The third-order valence-corrected chi connectivity index (χ3v) is 3.47. The van der Waals surface area contributed by atoms with Crippen molar-refractivity contribution in [3.63, 3.8) is 0 Å². The monoisotopic (exact) mass is 341 g/mol. The van der Waals surface area contributed by atoms with Gasteiger partial charge in [0, 0.05) is 18.2 Å². The molecule has 0 saturated heterocycles. The number of carbonyl (C=O) groups is 1. The van der Waals surface area contributed by atoms with Crippen molar-refractivity contribution in [1.82, 2.24) is 10.1 Å². The first-order chi connectivity index (χ1) is 12.0. The van der Waals surface area contributed by atoms with Gasteiger partial charge in [-0.25, -0.2) is 4.39 Å². The minimum Gasteiger partial charge on any atom is -0.484 e. The zero-order valence-corrected chi connectivity index (χ0v) is 13.7. The van der Waals surface area contributed by atoms with Crippen molar-refractivity contribution < 1.29 is 18.4 Å². The molecule has 3 rings (SSSR count). The number of anilines is 1. The van der Waals surface area contributed by atoms with Crippen LogP contribution in [-0.4, -0.2) is 22.7 Å². The second kappa shape index (κ2) is 7.12. The Morgan fingerprint density at radius 3 is 2.60 bits per heavy atom. The molecule has 128 valence electrons. The number of carbonyl (C=O) groups excluding carboxylic acids is 1. The van der Waals surface area contributed by atoms with Crippen molar-refractivity contribution in [2.75, 3.05) is 11.9 Å². The number of hydrogen-bond donors (Lipinski definition) is 1. The highest BCUT2D eigenvalue weighted by atomic mass is 19.1. The van der Waals surface area contributed by atoms with E-state index in [1.807, 2.05) is 0 Å². The van der Waals surface area contributed by atoms with Gasteiger partial charge in [-0.1, -0.05) is 11.2 Å². The first-order valence-electron chi connectivity index (χ1n) is 7.61. The third kappa shape index (κ3) is 4.20. The minimum atomic E-state index is -0.374. The van der Waals surface area contributed by atoms with Crippen LogP contribution in [0.15, 0.2) is 47.0 Å². The van der Waals surface area contributed by atoms with Gasteiger partial charge in [0.15, 0.2) is 6.61 Å². The van der Waals surface area contributed by atoms with E-state index in [9.17, 15) is 9.18 Å². The molecule has 0 saturated carbocycles. The van der Waals surface area contributed by atoms with Gasteiger partial charge in [-0.3, -0.25) is 4.79 Å². The number of ether oxygens (including phenoxy) is 1. The van der Waals surface area contributed by atoms with Crippen LogP contribution < -0.4 is 10.1 Å². The molecule has 0 bridgehead atoms. The summed E-state index contributed by atoms with van der Waals surface area (Å²) in [6.45, 7) is 3.19. The summed E-state index contributed by atoms with van der Waals surface area (Å²) in [5.74, 6) is 0.754. The number of aromatic nitrogens is 2. The van der Waals surface area contributed by atoms with Crippen LogP contribution >= 0.6 is 0 Å². The number of nitrogens with zero attached hydrogens (tertiary/aromatic N) is 2. The predicted octanol–water partition coefficient (Wildman–Crippen LogP) is 3.51. The van der Waals surface area contributed by atoms with E-state index in [2.05, 4.69) is 15.5 Å². The van der Waals surface area contributed by atoms with Crippen LogP contribution in [0.4, 0.5) is 10.1 Å². The Kier molecular flexibility index (Phi) is 4.74. The summed E-state index contributed by atoms with van der Waals surface area (Å²) < 4.78 is 23.8. The Balaban J connectivity index is 1.55. The molecule has 2 aromatic carbocycles. The predicted molar refractivity (Wildman–Crippen MR) is 89.7 cm³/mol. The molecule has 3 aromatic rings. The maximum Gasteiger partial charge on any atom is 0.262 e. The Hall–Kier alpha value is -3.22. The van der Waals surface area contributed by atoms with Crippen molar-refractivity contribution in [1.29, 1.82) is 0 Å². The SMILES string of the molecule is Cc1nc(-c2ccc(OCC(=O)Nc3ccc(C)c(F)c3)cc2)no1. The molecular weight excluding hydrogens is 325 g/mol. The molecule has 1 aromatic heterocycles. The van der Waals surface area contributed by atoms with Crippen LogP contribution in [0.25, 0.3) is 11.4 Å². The lowest BCUT2D eigenvalue weighted by atomic mass is 10.2. The summed E-state index contributed by atoms with van der Waals surface area (Å²) in [5, 5.41) is 6.41. The van der Waals surface area contributed by atoms with E-state index in [0.29, 0.717) is 28.7 Å². The molecule has 7 heteroatoms. The lowest BCUT2D eigenvalue weighted by molar-refractivity contribution is -0.118. The Labute approximate surface area is 143 Å². The highest BCUT2D eigenvalue weighted by molar-refractivity contribution is 5.91. The standard InChI is InChI=1S/C18H16FN3O3/c1-11-3-6-14(9-16(11)19)21-17(23)10-24-15-7-4-13(5-8-15)18-20-12(2)25-22-18/h3-9H,10H2,1-2H3,(H,21,23). The molecule has 1 heterocycles. The van der Waals surface area contributed by atoms with Crippen molar-refractivity contribution in [3.8, 4) is 17.1 Å². The Bertz CT molecular complexity index is 891. The fourth-order valence-electron chi connectivity index (χ4n) is 2.13. The molecule has 6 nitrogen and oxygen atoms in total. The van der Waals surface area contributed by atoms with Gasteiger partial charge in [-0.2, -0.15) is 4.98 Å². The molecule has 0 atom stereocenters. The van der Waals surface area contributed by atoms with E-state index >= 15 is 0 Å². The number of amides is 1. The van der Waals surface area contributed by atoms with Gasteiger partial charge >= 0.3 is 0 Å². The summed E-state index contributed by atoms with van der Waals surface area (Å²) in [5.41, 5.74) is 1.69. The van der Waals surface area contributed by atoms with Crippen LogP contribution in [0.5, 0.6) is 5.75 Å². The number of nitrogens with one attached hydrogen (secondary N) is 1. The average Bonchev–Trinajstić information content (AvgIpc) is 3.03. The van der Waals surface area contributed by atoms with E-state index in [4.69, 9.17) is 9.26 Å². The molecule has 0 spiro atoms. The van der Waals surface area contributed by atoms with Crippen molar-refractivity contribution in [2.24, 2.45) is 0 Å². The number of rotatable bonds is 5. The fraction of sp³-hybridized carbons (Fsp3) is 0.167. The van der Waals surface area contributed by atoms with E-state index in [1.54, 1.807) is 50.2 Å². The summed E-state index contributed by atoms with van der Waals surface area (Å²) in [4.78, 5) is 16.0. The smallest absolute Gasteiger partial charge is 0.262 e. The molecule has 1 amide bonds. The van der Waals surface area contributed by atoms with E-state index < -0.39 is 0 Å². The number of aryl methyl sites for hydroxylation is 2. The van der Waals surface area contributed by atoms with Gasteiger partial charge in [0.05, 0.1) is 0 Å². The molecule has 25 heavy (non-hydrogen) atoms. The largest absolute Gasteiger partial charge is 0.484 e. The summed E-state index contributed by atoms with van der Waals surface area (Å²) >= 11 is 0. The maximum absolute atomic E-state index is 13.5. The topological polar surface area (TPSA) is 77.2 Å². The summed E-state index contributed by atoms with van der Waals surface area (Å²) in [6, 6.07) is 11.5. The first-order valence-corrected chi connectivity index (χ1v) is 7.61. The lowest BCUT2D eigenvalue weighted by Crippen LogP contribution is -2.20. The average molecular weight is 341 g/mol. The van der Waals surface area contributed by atoms with Crippen molar-refractivity contribution >= 4 is 11.6 Å².